The number of benzene rings is 1. The van der Waals surface area contributed by atoms with E-state index in [4.69, 9.17) is 0 Å². The zero-order chi connectivity index (χ0) is 20.4. The SMILES string of the molecule is CC(C)c1ccccc1N1CC(C(=O)N2CCN(c3ncccn3)CC2)CC1=O. The molecular formula is C22H27N5O2. The Morgan fingerprint density at radius 1 is 1.03 bits per heavy atom. The van der Waals surface area contributed by atoms with Crippen LogP contribution in [0.1, 0.15) is 31.7 Å². The highest BCUT2D eigenvalue weighted by Crippen LogP contribution is 2.32. The fourth-order valence-corrected chi connectivity index (χ4v) is 4.17. The number of aromatic nitrogens is 2. The van der Waals surface area contributed by atoms with Crippen LogP contribution in [0, 0.1) is 5.92 Å². The number of hydrogen-bond acceptors (Lipinski definition) is 5. The van der Waals surface area contributed by atoms with Crippen LogP contribution < -0.4 is 9.80 Å². The summed E-state index contributed by atoms with van der Waals surface area (Å²) in [7, 11) is 0. The molecule has 2 fully saturated rings. The molecule has 152 valence electrons. The van der Waals surface area contributed by atoms with Crippen molar-refractivity contribution in [3.05, 3.63) is 48.3 Å². The molecule has 7 heteroatoms. The Labute approximate surface area is 171 Å². The van der Waals surface area contributed by atoms with Gasteiger partial charge in [-0.25, -0.2) is 9.97 Å². The lowest BCUT2D eigenvalue weighted by Gasteiger charge is -2.35. The van der Waals surface area contributed by atoms with Crippen LogP contribution in [-0.4, -0.2) is 59.4 Å². The van der Waals surface area contributed by atoms with Crippen molar-refractivity contribution in [1.82, 2.24) is 14.9 Å². The van der Waals surface area contributed by atoms with E-state index in [2.05, 4.69) is 34.8 Å². The van der Waals surface area contributed by atoms with Crippen LogP contribution in [0.2, 0.25) is 0 Å². The van der Waals surface area contributed by atoms with E-state index in [1.807, 2.05) is 23.1 Å². The lowest BCUT2D eigenvalue weighted by Crippen LogP contribution is -2.51. The molecule has 2 saturated heterocycles. The molecule has 29 heavy (non-hydrogen) atoms. The topological polar surface area (TPSA) is 69.6 Å². The Kier molecular flexibility index (Phi) is 5.47. The number of amides is 2. The minimum atomic E-state index is -0.276. The van der Waals surface area contributed by atoms with Crippen molar-refractivity contribution in [2.75, 3.05) is 42.5 Å². The van der Waals surface area contributed by atoms with Gasteiger partial charge in [0.15, 0.2) is 0 Å². The van der Waals surface area contributed by atoms with Gasteiger partial charge >= 0.3 is 0 Å². The van der Waals surface area contributed by atoms with Crippen molar-refractivity contribution in [1.29, 1.82) is 0 Å². The van der Waals surface area contributed by atoms with Crippen molar-refractivity contribution in [3.8, 4) is 0 Å². The first kappa shape index (κ1) is 19.4. The highest BCUT2D eigenvalue weighted by molar-refractivity contribution is 6.01. The van der Waals surface area contributed by atoms with Gasteiger partial charge in [-0.3, -0.25) is 9.59 Å². The number of hydrogen-bond donors (Lipinski definition) is 0. The van der Waals surface area contributed by atoms with Crippen LogP contribution >= 0.6 is 0 Å². The third-order valence-corrected chi connectivity index (χ3v) is 5.75. The second-order valence-electron chi connectivity index (χ2n) is 7.98. The van der Waals surface area contributed by atoms with E-state index < -0.39 is 0 Å². The van der Waals surface area contributed by atoms with E-state index >= 15 is 0 Å². The van der Waals surface area contributed by atoms with Gasteiger partial charge in [0, 0.05) is 57.2 Å². The van der Waals surface area contributed by atoms with Crippen molar-refractivity contribution in [3.63, 3.8) is 0 Å². The molecule has 2 aliphatic heterocycles. The quantitative estimate of drug-likeness (QED) is 0.797. The van der Waals surface area contributed by atoms with Gasteiger partial charge in [-0.1, -0.05) is 32.0 Å². The molecule has 2 aromatic rings. The number of rotatable bonds is 4. The van der Waals surface area contributed by atoms with E-state index in [0.29, 0.717) is 44.6 Å². The van der Waals surface area contributed by atoms with Crippen molar-refractivity contribution < 1.29 is 9.59 Å². The van der Waals surface area contributed by atoms with E-state index in [1.165, 1.54) is 0 Å². The Morgan fingerprint density at radius 3 is 2.41 bits per heavy atom. The number of para-hydroxylation sites is 1. The van der Waals surface area contributed by atoms with Crippen molar-refractivity contribution in [2.24, 2.45) is 5.92 Å². The summed E-state index contributed by atoms with van der Waals surface area (Å²) in [6.45, 7) is 7.38. The first-order valence-corrected chi connectivity index (χ1v) is 10.2. The summed E-state index contributed by atoms with van der Waals surface area (Å²) in [4.78, 5) is 40.1. The molecule has 1 aromatic heterocycles. The van der Waals surface area contributed by atoms with Gasteiger partial charge in [0.1, 0.15) is 0 Å². The van der Waals surface area contributed by atoms with Gasteiger partial charge in [0.2, 0.25) is 17.8 Å². The van der Waals surface area contributed by atoms with E-state index in [9.17, 15) is 9.59 Å². The van der Waals surface area contributed by atoms with Crippen molar-refractivity contribution in [2.45, 2.75) is 26.2 Å². The largest absolute Gasteiger partial charge is 0.339 e. The van der Waals surface area contributed by atoms with Crippen LogP contribution in [0.4, 0.5) is 11.6 Å². The molecule has 2 amide bonds. The van der Waals surface area contributed by atoms with E-state index in [-0.39, 0.29) is 24.2 Å². The highest BCUT2D eigenvalue weighted by atomic mass is 16.2. The second kappa shape index (κ2) is 8.19. The summed E-state index contributed by atoms with van der Waals surface area (Å²) in [6, 6.07) is 9.79. The molecule has 7 nitrogen and oxygen atoms in total. The average molecular weight is 393 g/mol. The lowest BCUT2D eigenvalue weighted by molar-refractivity contribution is -0.136. The van der Waals surface area contributed by atoms with Gasteiger partial charge in [-0.15, -0.1) is 0 Å². The molecule has 0 saturated carbocycles. The number of carbonyl (C=O) groups is 2. The fourth-order valence-electron chi connectivity index (χ4n) is 4.17. The molecule has 0 radical (unpaired) electrons. The molecule has 2 aliphatic rings. The van der Waals surface area contributed by atoms with Crippen LogP contribution in [-0.2, 0) is 9.59 Å². The van der Waals surface area contributed by atoms with Crippen molar-refractivity contribution >= 4 is 23.5 Å². The molecule has 0 spiro atoms. The average Bonchev–Trinajstić information content (AvgIpc) is 3.15. The maximum absolute atomic E-state index is 13.1. The summed E-state index contributed by atoms with van der Waals surface area (Å²) >= 11 is 0. The predicted molar refractivity (Wildman–Crippen MR) is 112 cm³/mol. The normalized spacial score (nSPS) is 19.9. The van der Waals surface area contributed by atoms with Gasteiger partial charge in [0.05, 0.1) is 5.92 Å². The molecular weight excluding hydrogens is 366 g/mol. The molecule has 1 aromatic carbocycles. The maximum Gasteiger partial charge on any atom is 0.228 e. The zero-order valence-electron chi connectivity index (χ0n) is 17.0. The van der Waals surface area contributed by atoms with E-state index in [1.54, 1.807) is 23.4 Å². The second-order valence-corrected chi connectivity index (χ2v) is 7.98. The summed E-state index contributed by atoms with van der Waals surface area (Å²) in [5, 5.41) is 0. The minimum Gasteiger partial charge on any atom is -0.339 e. The first-order valence-electron chi connectivity index (χ1n) is 10.2. The fraction of sp³-hybridized carbons (Fsp3) is 0.455. The number of anilines is 2. The Hall–Kier alpha value is -2.96. The molecule has 4 rings (SSSR count). The molecule has 0 aliphatic carbocycles. The third-order valence-electron chi connectivity index (χ3n) is 5.75. The van der Waals surface area contributed by atoms with E-state index in [0.717, 1.165) is 11.3 Å². The lowest BCUT2D eigenvalue weighted by atomic mass is 10.0. The van der Waals surface area contributed by atoms with Crippen LogP contribution in [0.15, 0.2) is 42.7 Å². The number of piperazine rings is 1. The summed E-state index contributed by atoms with van der Waals surface area (Å²) in [5.41, 5.74) is 2.08. The van der Waals surface area contributed by atoms with Gasteiger partial charge in [-0.05, 0) is 23.6 Å². The Bertz CT molecular complexity index is 878. The predicted octanol–water partition coefficient (Wildman–Crippen LogP) is 2.30. The molecule has 0 N–H and O–H groups in total. The van der Waals surface area contributed by atoms with Gasteiger partial charge in [-0.2, -0.15) is 0 Å². The third kappa shape index (κ3) is 3.95. The molecule has 3 heterocycles. The molecule has 0 bridgehead atoms. The number of carbonyl (C=O) groups excluding carboxylic acids is 2. The zero-order valence-corrected chi connectivity index (χ0v) is 17.0. The highest BCUT2D eigenvalue weighted by Gasteiger charge is 2.38. The summed E-state index contributed by atoms with van der Waals surface area (Å²) < 4.78 is 0. The monoisotopic (exact) mass is 393 g/mol. The maximum atomic E-state index is 13.1. The minimum absolute atomic E-state index is 0.0350. The van der Waals surface area contributed by atoms with Gasteiger partial charge in [0.25, 0.3) is 0 Å². The molecule has 1 atom stereocenters. The molecule has 1 unspecified atom stereocenters. The van der Waals surface area contributed by atoms with Crippen LogP contribution in [0.5, 0.6) is 0 Å². The Morgan fingerprint density at radius 2 is 1.72 bits per heavy atom. The smallest absolute Gasteiger partial charge is 0.228 e. The van der Waals surface area contributed by atoms with Crippen LogP contribution in [0.3, 0.4) is 0 Å². The Balaban J connectivity index is 1.40. The van der Waals surface area contributed by atoms with Gasteiger partial charge < -0.3 is 14.7 Å². The number of nitrogens with zero attached hydrogens (tertiary/aromatic N) is 5. The van der Waals surface area contributed by atoms with Crippen LogP contribution in [0.25, 0.3) is 0 Å². The summed E-state index contributed by atoms with van der Waals surface area (Å²) in [6.07, 6.45) is 3.74. The standard InChI is InChI=1S/C22H27N5O2/c1-16(2)18-6-3-4-7-19(18)27-15-17(14-20(27)28)21(29)25-10-12-26(13-11-25)22-23-8-5-9-24-22/h3-9,16-17H,10-15H2,1-2H3. The summed E-state index contributed by atoms with van der Waals surface area (Å²) in [5.74, 6) is 0.862. The first-order chi connectivity index (χ1) is 14.0.